The lowest BCUT2D eigenvalue weighted by molar-refractivity contribution is 0.575. The maximum atomic E-state index is 11.8. The summed E-state index contributed by atoms with van der Waals surface area (Å²) in [7, 11) is -0.847. The molecule has 0 aliphatic carbocycles. The standard InChI is InChI=1S/C16H15N3O3S/c1-23(21)7-6-17-9-12-3-5-15(22-12)11-2-4-14-13(8-11)16(20)19-10-18-14/h2-5,8-10H,6-7H2,1H3,(H,18,19,20). The van der Waals surface area contributed by atoms with E-state index >= 15 is 0 Å². The number of aromatic nitrogens is 2. The average Bonchev–Trinajstić information content (AvgIpc) is 3.00. The molecular formula is C16H15N3O3S. The summed E-state index contributed by atoms with van der Waals surface area (Å²) in [6.07, 6.45) is 4.65. The van der Waals surface area contributed by atoms with Crippen LogP contribution in [-0.2, 0) is 10.8 Å². The summed E-state index contributed by atoms with van der Waals surface area (Å²) in [4.78, 5) is 22.7. The van der Waals surface area contributed by atoms with Crippen LogP contribution in [0.4, 0.5) is 0 Å². The third-order valence-corrected chi connectivity index (χ3v) is 4.04. The number of nitrogens with zero attached hydrogens (tertiary/aromatic N) is 2. The van der Waals surface area contributed by atoms with E-state index in [1.54, 1.807) is 30.7 Å². The first kappa shape index (κ1) is 15.4. The van der Waals surface area contributed by atoms with Crippen LogP contribution < -0.4 is 5.56 Å². The van der Waals surface area contributed by atoms with Crippen LogP contribution in [0, 0.1) is 0 Å². The van der Waals surface area contributed by atoms with Crippen LogP contribution >= 0.6 is 0 Å². The molecule has 1 aromatic carbocycles. The van der Waals surface area contributed by atoms with Gasteiger partial charge >= 0.3 is 0 Å². The summed E-state index contributed by atoms with van der Waals surface area (Å²) < 4.78 is 16.7. The smallest absolute Gasteiger partial charge is 0.258 e. The molecule has 7 heteroatoms. The monoisotopic (exact) mass is 329 g/mol. The fourth-order valence-corrected chi connectivity index (χ4v) is 2.50. The number of furan rings is 1. The summed E-state index contributed by atoms with van der Waals surface area (Å²) in [5.74, 6) is 1.79. The Hall–Kier alpha value is -2.54. The minimum atomic E-state index is -0.847. The van der Waals surface area contributed by atoms with Crippen molar-refractivity contribution in [1.82, 2.24) is 9.97 Å². The fraction of sp³-hybridized carbons (Fsp3) is 0.188. The highest BCUT2D eigenvalue weighted by Gasteiger charge is 2.07. The van der Waals surface area contributed by atoms with Crippen LogP contribution in [0.3, 0.4) is 0 Å². The van der Waals surface area contributed by atoms with Gasteiger partial charge in [0.15, 0.2) is 0 Å². The predicted octanol–water partition coefficient (Wildman–Crippen LogP) is 1.98. The van der Waals surface area contributed by atoms with E-state index < -0.39 is 10.8 Å². The third-order valence-electron chi connectivity index (χ3n) is 3.28. The summed E-state index contributed by atoms with van der Waals surface area (Å²) in [5, 5.41) is 0.516. The molecule has 0 radical (unpaired) electrons. The van der Waals surface area contributed by atoms with Gasteiger partial charge in [0.05, 0.1) is 30.0 Å². The highest BCUT2D eigenvalue weighted by Crippen LogP contribution is 2.23. The SMILES string of the molecule is CS(=O)CCN=Cc1ccc(-c2ccc3nc[nH]c(=O)c3c2)o1. The van der Waals surface area contributed by atoms with Gasteiger partial charge in [0.1, 0.15) is 11.5 Å². The van der Waals surface area contributed by atoms with Crippen LogP contribution in [-0.4, -0.2) is 38.9 Å². The Morgan fingerprint density at radius 2 is 2.22 bits per heavy atom. The quantitative estimate of drug-likeness (QED) is 0.725. The number of hydrogen-bond acceptors (Lipinski definition) is 5. The van der Waals surface area contributed by atoms with Gasteiger partial charge in [-0.25, -0.2) is 4.98 Å². The lowest BCUT2D eigenvalue weighted by atomic mass is 10.1. The van der Waals surface area contributed by atoms with Gasteiger partial charge in [-0.2, -0.15) is 0 Å². The molecule has 3 aromatic rings. The number of nitrogens with one attached hydrogen (secondary N) is 1. The van der Waals surface area contributed by atoms with Gasteiger partial charge < -0.3 is 9.40 Å². The van der Waals surface area contributed by atoms with Crippen molar-refractivity contribution in [2.45, 2.75) is 0 Å². The van der Waals surface area contributed by atoms with E-state index in [9.17, 15) is 9.00 Å². The molecule has 0 saturated heterocycles. The minimum Gasteiger partial charge on any atom is -0.455 e. The van der Waals surface area contributed by atoms with E-state index in [1.165, 1.54) is 6.33 Å². The van der Waals surface area contributed by atoms with Crippen molar-refractivity contribution < 1.29 is 8.63 Å². The lowest BCUT2D eigenvalue weighted by Crippen LogP contribution is -2.05. The van der Waals surface area contributed by atoms with E-state index in [0.29, 0.717) is 34.7 Å². The zero-order valence-electron chi connectivity index (χ0n) is 12.5. The Balaban J connectivity index is 1.84. The van der Waals surface area contributed by atoms with Gasteiger partial charge in [0, 0.05) is 28.4 Å². The minimum absolute atomic E-state index is 0.183. The predicted molar refractivity (Wildman–Crippen MR) is 91.5 cm³/mol. The van der Waals surface area contributed by atoms with Gasteiger partial charge in [-0.05, 0) is 30.3 Å². The van der Waals surface area contributed by atoms with E-state index in [-0.39, 0.29) is 5.56 Å². The Morgan fingerprint density at radius 3 is 3.04 bits per heavy atom. The molecule has 0 saturated carbocycles. The second-order valence-corrected chi connectivity index (χ2v) is 6.53. The van der Waals surface area contributed by atoms with E-state index in [2.05, 4.69) is 15.0 Å². The molecule has 0 amide bonds. The Morgan fingerprint density at radius 1 is 1.35 bits per heavy atom. The van der Waals surface area contributed by atoms with Gasteiger partial charge in [-0.15, -0.1) is 0 Å². The first-order chi connectivity index (χ1) is 11.1. The van der Waals surface area contributed by atoms with E-state index in [1.807, 2.05) is 12.1 Å². The summed E-state index contributed by atoms with van der Waals surface area (Å²) in [6, 6.07) is 9.02. The number of aliphatic imine (C=N–C) groups is 1. The fourth-order valence-electron chi connectivity index (χ4n) is 2.14. The largest absolute Gasteiger partial charge is 0.455 e. The van der Waals surface area contributed by atoms with Gasteiger partial charge in [-0.3, -0.25) is 14.0 Å². The third kappa shape index (κ3) is 3.62. The number of hydrogen-bond donors (Lipinski definition) is 1. The van der Waals surface area contributed by atoms with Crippen LogP contribution in [0.25, 0.3) is 22.2 Å². The first-order valence-corrected chi connectivity index (χ1v) is 8.74. The maximum absolute atomic E-state index is 11.8. The van der Waals surface area contributed by atoms with Crippen molar-refractivity contribution >= 4 is 27.9 Å². The highest BCUT2D eigenvalue weighted by molar-refractivity contribution is 7.84. The zero-order chi connectivity index (χ0) is 16.2. The number of H-pyrrole nitrogens is 1. The van der Waals surface area contributed by atoms with Crippen molar-refractivity contribution in [3.8, 4) is 11.3 Å². The molecule has 0 spiro atoms. The summed E-state index contributed by atoms with van der Waals surface area (Å²) in [6.45, 7) is 0.496. The molecule has 23 heavy (non-hydrogen) atoms. The zero-order valence-corrected chi connectivity index (χ0v) is 13.3. The Labute approximate surface area is 134 Å². The highest BCUT2D eigenvalue weighted by atomic mass is 32.2. The van der Waals surface area contributed by atoms with Crippen LogP contribution in [0.15, 0.2) is 50.9 Å². The van der Waals surface area contributed by atoms with Gasteiger partial charge in [0.2, 0.25) is 0 Å². The molecule has 6 nitrogen and oxygen atoms in total. The molecule has 2 aromatic heterocycles. The molecule has 0 aliphatic rings. The van der Waals surface area contributed by atoms with E-state index in [4.69, 9.17) is 4.42 Å². The Kier molecular flexibility index (Phi) is 4.47. The van der Waals surface area contributed by atoms with Crippen molar-refractivity contribution in [2.75, 3.05) is 18.6 Å². The molecule has 0 fully saturated rings. The molecule has 1 N–H and O–H groups in total. The molecular weight excluding hydrogens is 314 g/mol. The molecule has 1 atom stereocenters. The topological polar surface area (TPSA) is 88.3 Å². The van der Waals surface area contributed by atoms with E-state index in [0.717, 1.165) is 5.56 Å². The van der Waals surface area contributed by atoms with Crippen LogP contribution in [0.1, 0.15) is 5.76 Å². The average molecular weight is 329 g/mol. The first-order valence-electron chi connectivity index (χ1n) is 7.01. The molecule has 3 rings (SSSR count). The molecule has 2 heterocycles. The molecule has 1 unspecified atom stereocenters. The summed E-state index contributed by atoms with van der Waals surface area (Å²) >= 11 is 0. The molecule has 0 bridgehead atoms. The Bertz CT molecular complexity index is 943. The molecule has 118 valence electrons. The van der Waals surface area contributed by atoms with Crippen LogP contribution in [0.2, 0.25) is 0 Å². The van der Waals surface area contributed by atoms with Crippen molar-refractivity contribution in [1.29, 1.82) is 0 Å². The summed E-state index contributed by atoms with van der Waals surface area (Å²) in [5.41, 5.74) is 1.25. The number of rotatable bonds is 5. The van der Waals surface area contributed by atoms with Crippen molar-refractivity contribution in [3.63, 3.8) is 0 Å². The van der Waals surface area contributed by atoms with Gasteiger partial charge in [0.25, 0.3) is 5.56 Å². The normalized spacial score (nSPS) is 12.9. The maximum Gasteiger partial charge on any atom is 0.258 e. The van der Waals surface area contributed by atoms with Crippen LogP contribution in [0.5, 0.6) is 0 Å². The number of benzene rings is 1. The molecule has 0 aliphatic heterocycles. The van der Waals surface area contributed by atoms with Crippen molar-refractivity contribution in [3.05, 3.63) is 52.8 Å². The van der Waals surface area contributed by atoms with Crippen molar-refractivity contribution in [2.24, 2.45) is 4.99 Å². The lowest BCUT2D eigenvalue weighted by Gasteiger charge is -1.99. The van der Waals surface area contributed by atoms with Gasteiger partial charge in [-0.1, -0.05) is 0 Å². The second-order valence-electron chi connectivity index (χ2n) is 4.98. The second kappa shape index (κ2) is 6.70. The number of fused-ring (bicyclic) bond motifs is 1. The number of aromatic amines is 1.